The van der Waals surface area contributed by atoms with E-state index in [2.05, 4.69) is 0 Å². The Morgan fingerprint density at radius 3 is 2.57 bits per heavy atom. The highest BCUT2D eigenvalue weighted by atomic mass is 14.6. The predicted octanol–water partition coefficient (Wildman–Crippen LogP) is 0.763. The summed E-state index contributed by atoms with van der Waals surface area (Å²) >= 11 is 0. The Morgan fingerprint density at radius 2 is 2.43 bits per heavy atom. The van der Waals surface area contributed by atoms with E-state index in [1.54, 1.807) is 0 Å². The highest BCUT2D eigenvalue weighted by Gasteiger charge is 1.87. The third kappa shape index (κ3) is 5.63. The first kappa shape index (κ1) is 6.63. The lowest BCUT2D eigenvalue weighted by atomic mass is 10.2. The predicted molar refractivity (Wildman–Crippen MR) is 31.7 cm³/mol. The van der Waals surface area contributed by atoms with E-state index in [4.69, 9.17) is 11.1 Å². The molecule has 0 radical (unpaired) electrons. The number of nitrogens with one attached hydrogen (secondary N) is 1. The molecule has 7 heavy (non-hydrogen) atoms. The lowest BCUT2D eigenvalue weighted by Gasteiger charge is -1.97. The molecule has 0 bridgehead atoms. The molecule has 0 amide bonds. The van der Waals surface area contributed by atoms with Crippen molar-refractivity contribution < 1.29 is 0 Å². The molecular weight excluding hydrogens is 88.1 g/mol. The third-order valence-corrected chi connectivity index (χ3v) is 0.766. The molecule has 0 aromatic heterocycles. The van der Waals surface area contributed by atoms with Crippen LogP contribution in [0.5, 0.6) is 0 Å². The monoisotopic (exact) mass is 100 g/mol. The highest BCUT2D eigenvalue weighted by Crippen LogP contribution is 1.87. The molecule has 3 N–H and O–H groups in total. The molecule has 0 aromatic carbocycles. The molecule has 0 fully saturated rings. The molecule has 0 saturated carbocycles. The Kier molecular flexibility index (Phi) is 3.61. The first-order valence-electron chi connectivity index (χ1n) is 2.52. The summed E-state index contributed by atoms with van der Waals surface area (Å²) < 4.78 is 0. The van der Waals surface area contributed by atoms with Gasteiger partial charge in [-0.1, -0.05) is 0 Å². The lowest BCUT2D eigenvalue weighted by Crippen LogP contribution is -2.13. The van der Waals surface area contributed by atoms with Crippen molar-refractivity contribution in [3.05, 3.63) is 0 Å². The van der Waals surface area contributed by atoms with Crippen LogP contribution in [0.4, 0.5) is 0 Å². The fourth-order valence-corrected chi connectivity index (χ4v) is 0.346. The van der Waals surface area contributed by atoms with Crippen LogP contribution in [0.25, 0.3) is 0 Å². The van der Waals surface area contributed by atoms with Crippen LogP contribution < -0.4 is 5.73 Å². The van der Waals surface area contributed by atoms with E-state index in [-0.39, 0.29) is 6.04 Å². The topological polar surface area (TPSA) is 49.9 Å². The van der Waals surface area contributed by atoms with Gasteiger partial charge in [0.1, 0.15) is 0 Å². The van der Waals surface area contributed by atoms with Gasteiger partial charge < -0.3 is 11.1 Å². The number of rotatable bonds is 3. The Bertz CT molecular complexity index is 50.0. The zero-order valence-corrected chi connectivity index (χ0v) is 4.65. The molecule has 42 valence electrons. The van der Waals surface area contributed by atoms with Gasteiger partial charge in [-0.15, -0.1) is 0 Å². The molecule has 0 spiro atoms. The summed E-state index contributed by atoms with van der Waals surface area (Å²) in [6.45, 7) is 1.95. The molecule has 0 unspecified atom stereocenters. The quantitative estimate of drug-likeness (QED) is 0.505. The van der Waals surface area contributed by atoms with E-state index in [1.807, 2.05) is 6.92 Å². The standard InChI is InChI=1S/C5H12N2/c1-5(7)3-2-4-6/h4-6H,2-3,7H2,1H3/t5-/m0/s1. The number of hydrogen-bond donors (Lipinski definition) is 2. The van der Waals surface area contributed by atoms with Gasteiger partial charge in [-0.25, -0.2) is 0 Å². The van der Waals surface area contributed by atoms with E-state index in [1.165, 1.54) is 6.21 Å². The van der Waals surface area contributed by atoms with Crippen molar-refractivity contribution >= 4 is 6.21 Å². The van der Waals surface area contributed by atoms with Crippen LogP contribution in [0.15, 0.2) is 0 Å². The second kappa shape index (κ2) is 3.81. The van der Waals surface area contributed by atoms with Crippen molar-refractivity contribution in [2.45, 2.75) is 25.8 Å². The van der Waals surface area contributed by atoms with E-state index < -0.39 is 0 Å². The van der Waals surface area contributed by atoms with Crippen LogP contribution in [0, 0.1) is 5.41 Å². The Morgan fingerprint density at radius 1 is 1.86 bits per heavy atom. The fourth-order valence-electron chi connectivity index (χ4n) is 0.346. The molecule has 0 heterocycles. The Labute approximate surface area is 44.2 Å². The van der Waals surface area contributed by atoms with Crippen molar-refractivity contribution in [2.75, 3.05) is 0 Å². The van der Waals surface area contributed by atoms with Gasteiger partial charge in [0.25, 0.3) is 0 Å². The van der Waals surface area contributed by atoms with Crippen LogP contribution >= 0.6 is 0 Å². The SMILES string of the molecule is C[C@H](N)CCC=N. The minimum Gasteiger partial charge on any atom is -0.328 e. The van der Waals surface area contributed by atoms with Gasteiger partial charge in [-0.2, -0.15) is 0 Å². The van der Waals surface area contributed by atoms with Gasteiger partial charge in [0.05, 0.1) is 0 Å². The first-order valence-corrected chi connectivity index (χ1v) is 2.52. The van der Waals surface area contributed by atoms with Gasteiger partial charge >= 0.3 is 0 Å². The minimum atomic E-state index is 0.251. The number of hydrogen-bond acceptors (Lipinski definition) is 2. The summed E-state index contributed by atoms with van der Waals surface area (Å²) in [4.78, 5) is 0. The summed E-state index contributed by atoms with van der Waals surface area (Å²) in [7, 11) is 0. The smallest absolute Gasteiger partial charge is 0.00139 e. The van der Waals surface area contributed by atoms with Crippen molar-refractivity contribution in [2.24, 2.45) is 5.73 Å². The van der Waals surface area contributed by atoms with E-state index >= 15 is 0 Å². The van der Waals surface area contributed by atoms with Crippen LogP contribution in [-0.4, -0.2) is 12.3 Å². The van der Waals surface area contributed by atoms with Crippen molar-refractivity contribution in [3.63, 3.8) is 0 Å². The summed E-state index contributed by atoms with van der Waals surface area (Å²) in [5.41, 5.74) is 5.38. The normalized spacial score (nSPS) is 13.4. The van der Waals surface area contributed by atoms with Gasteiger partial charge in [0.2, 0.25) is 0 Å². The van der Waals surface area contributed by atoms with E-state index in [9.17, 15) is 0 Å². The summed E-state index contributed by atoms with van der Waals surface area (Å²) in [6.07, 6.45) is 3.14. The average molecular weight is 100 g/mol. The summed E-state index contributed by atoms with van der Waals surface area (Å²) in [6, 6.07) is 0.251. The van der Waals surface area contributed by atoms with Gasteiger partial charge in [0, 0.05) is 6.04 Å². The van der Waals surface area contributed by atoms with Gasteiger partial charge in [-0.3, -0.25) is 0 Å². The molecule has 0 saturated heterocycles. The maximum Gasteiger partial charge on any atom is 0.00139 e. The van der Waals surface area contributed by atoms with Gasteiger partial charge in [-0.05, 0) is 26.0 Å². The zero-order chi connectivity index (χ0) is 5.70. The second-order valence-electron chi connectivity index (χ2n) is 1.76. The molecular formula is C5H12N2. The van der Waals surface area contributed by atoms with Crippen molar-refractivity contribution in [3.8, 4) is 0 Å². The minimum absolute atomic E-state index is 0.251. The molecule has 0 rings (SSSR count). The molecule has 0 aliphatic rings. The van der Waals surface area contributed by atoms with Gasteiger partial charge in [0.15, 0.2) is 0 Å². The molecule has 0 aromatic rings. The zero-order valence-electron chi connectivity index (χ0n) is 4.65. The largest absolute Gasteiger partial charge is 0.328 e. The second-order valence-corrected chi connectivity index (χ2v) is 1.76. The molecule has 2 heteroatoms. The lowest BCUT2D eigenvalue weighted by molar-refractivity contribution is 0.690. The first-order chi connectivity index (χ1) is 3.27. The molecule has 1 atom stereocenters. The molecule has 2 nitrogen and oxygen atoms in total. The average Bonchev–Trinajstić information content (AvgIpc) is 1.61. The number of nitrogens with two attached hydrogens (primary N) is 1. The van der Waals surface area contributed by atoms with Crippen LogP contribution in [0.2, 0.25) is 0 Å². The maximum atomic E-state index is 6.62. The fraction of sp³-hybridized carbons (Fsp3) is 0.800. The molecule has 0 aliphatic carbocycles. The third-order valence-electron chi connectivity index (χ3n) is 0.766. The maximum absolute atomic E-state index is 6.62. The van der Waals surface area contributed by atoms with Crippen LogP contribution in [-0.2, 0) is 0 Å². The van der Waals surface area contributed by atoms with E-state index in [0.717, 1.165) is 12.8 Å². The van der Waals surface area contributed by atoms with Crippen molar-refractivity contribution in [1.82, 2.24) is 0 Å². The summed E-state index contributed by atoms with van der Waals surface area (Å²) in [5, 5.41) is 6.62. The van der Waals surface area contributed by atoms with Crippen LogP contribution in [0.1, 0.15) is 19.8 Å². The highest BCUT2D eigenvalue weighted by molar-refractivity contribution is 5.52. The Hall–Kier alpha value is -0.370. The molecule has 0 aliphatic heterocycles. The van der Waals surface area contributed by atoms with Crippen LogP contribution in [0.3, 0.4) is 0 Å². The van der Waals surface area contributed by atoms with E-state index in [0.29, 0.717) is 0 Å². The Balaban J connectivity index is 2.81. The van der Waals surface area contributed by atoms with Crippen molar-refractivity contribution in [1.29, 1.82) is 5.41 Å². The summed E-state index contributed by atoms with van der Waals surface area (Å²) in [5.74, 6) is 0.